The molecule has 5 rings (SSSR count). The number of anilines is 1. The molecule has 38 heavy (non-hydrogen) atoms. The van der Waals surface area contributed by atoms with Crippen molar-refractivity contribution in [1.82, 2.24) is 24.7 Å². The van der Waals surface area contributed by atoms with E-state index in [2.05, 4.69) is 38.4 Å². The number of H-pyrrole nitrogens is 1. The number of aryl methyl sites for hydroxylation is 1. The number of likely N-dealkylation sites (N-methyl/N-ethyl adjacent to an activating group) is 1. The van der Waals surface area contributed by atoms with Crippen LogP contribution >= 0.6 is 0 Å². The maximum atomic E-state index is 14.3. The highest BCUT2D eigenvalue weighted by Crippen LogP contribution is 2.33. The summed E-state index contributed by atoms with van der Waals surface area (Å²) in [6, 6.07) is 8.08. The number of aromatic nitrogens is 2. The molecule has 0 bridgehead atoms. The van der Waals surface area contributed by atoms with Gasteiger partial charge < -0.3 is 25.4 Å². The minimum absolute atomic E-state index is 0.201. The molecular formula is C28H33FN8O. The van der Waals surface area contributed by atoms with Crippen molar-refractivity contribution < 1.29 is 4.39 Å². The molecule has 1 aromatic heterocycles. The second-order valence-electron chi connectivity index (χ2n) is 9.79. The van der Waals surface area contributed by atoms with E-state index in [1.54, 1.807) is 12.1 Å². The van der Waals surface area contributed by atoms with Gasteiger partial charge in [-0.15, -0.1) is 4.91 Å². The predicted octanol–water partition coefficient (Wildman–Crippen LogP) is 4.60. The molecule has 0 amide bonds. The maximum Gasteiger partial charge on any atom is 0.156 e. The summed E-state index contributed by atoms with van der Waals surface area (Å²) in [6.45, 7) is 14.9. The van der Waals surface area contributed by atoms with Crippen LogP contribution in [0.5, 0.6) is 0 Å². The van der Waals surface area contributed by atoms with Crippen LogP contribution in [0.3, 0.4) is 0 Å². The number of imidazole rings is 1. The molecule has 0 radical (unpaired) electrons. The van der Waals surface area contributed by atoms with Gasteiger partial charge in [-0.05, 0) is 53.0 Å². The predicted molar refractivity (Wildman–Crippen MR) is 148 cm³/mol. The van der Waals surface area contributed by atoms with E-state index in [4.69, 9.17) is 16.1 Å². The van der Waals surface area contributed by atoms with E-state index in [1.807, 2.05) is 13.0 Å². The third kappa shape index (κ3) is 4.67. The van der Waals surface area contributed by atoms with Gasteiger partial charge >= 0.3 is 0 Å². The molecule has 0 atom stereocenters. The Labute approximate surface area is 221 Å². The summed E-state index contributed by atoms with van der Waals surface area (Å²) in [5.74, 6) is 0.814. The minimum atomic E-state index is -0.673. The second kappa shape index (κ2) is 10.4. The Morgan fingerprint density at radius 2 is 1.92 bits per heavy atom. The first-order chi connectivity index (χ1) is 18.3. The van der Waals surface area contributed by atoms with Crippen molar-refractivity contribution in [2.75, 3.05) is 38.5 Å². The van der Waals surface area contributed by atoms with E-state index in [0.717, 1.165) is 55.5 Å². The molecule has 0 spiro atoms. The van der Waals surface area contributed by atoms with Crippen molar-refractivity contribution >= 4 is 17.1 Å². The number of piperazine rings is 1. The SMILES string of the molecule is C=C(N1CCN(CC)CC1)N1Cc2nc(C(=N)c3ccc(-c4cc(F)c(N=O)cc4CC)cc3N)[nH]c2C1. The fraction of sp³-hybridized carbons (Fsp3) is 0.357. The quantitative estimate of drug-likeness (QED) is 0.229. The van der Waals surface area contributed by atoms with Crippen LogP contribution in [0.2, 0.25) is 0 Å². The molecule has 2 aromatic carbocycles. The minimum Gasteiger partial charge on any atom is -0.398 e. The van der Waals surface area contributed by atoms with Gasteiger partial charge in [0.25, 0.3) is 0 Å². The number of fused-ring (bicyclic) bond motifs is 1. The number of aromatic amines is 1. The maximum absolute atomic E-state index is 14.3. The number of rotatable bonds is 8. The first kappa shape index (κ1) is 25.6. The lowest BCUT2D eigenvalue weighted by Gasteiger charge is -2.39. The number of nitrogens with zero attached hydrogens (tertiary/aromatic N) is 5. The summed E-state index contributed by atoms with van der Waals surface area (Å²) < 4.78 is 14.3. The number of halogens is 1. The largest absolute Gasteiger partial charge is 0.398 e. The lowest BCUT2D eigenvalue weighted by molar-refractivity contribution is 0.125. The molecule has 1 saturated heterocycles. The van der Waals surface area contributed by atoms with Gasteiger partial charge in [-0.2, -0.15) is 0 Å². The summed E-state index contributed by atoms with van der Waals surface area (Å²) >= 11 is 0. The van der Waals surface area contributed by atoms with Crippen LogP contribution in [0.1, 0.15) is 42.2 Å². The Bertz CT molecular complexity index is 1380. The summed E-state index contributed by atoms with van der Waals surface area (Å²) in [5.41, 5.74) is 11.4. The van der Waals surface area contributed by atoms with Crippen molar-refractivity contribution in [3.8, 4) is 11.1 Å². The lowest BCUT2D eigenvalue weighted by atomic mass is 9.94. The van der Waals surface area contributed by atoms with Crippen LogP contribution in [0.15, 0.2) is 47.9 Å². The summed E-state index contributed by atoms with van der Waals surface area (Å²) in [5, 5.41) is 11.5. The van der Waals surface area contributed by atoms with Gasteiger partial charge in [0.15, 0.2) is 11.6 Å². The molecule has 0 saturated carbocycles. The van der Waals surface area contributed by atoms with Gasteiger partial charge in [-0.1, -0.05) is 32.6 Å². The summed E-state index contributed by atoms with van der Waals surface area (Å²) in [7, 11) is 0. The molecule has 0 aliphatic carbocycles. The molecule has 9 nitrogen and oxygen atoms in total. The molecule has 3 heterocycles. The molecule has 10 heteroatoms. The lowest BCUT2D eigenvalue weighted by Crippen LogP contribution is -2.47. The van der Waals surface area contributed by atoms with E-state index in [-0.39, 0.29) is 11.4 Å². The smallest absolute Gasteiger partial charge is 0.156 e. The highest BCUT2D eigenvalue weighted by molar-refractivity contribution is 6.12. The molecule has 4 N–H and O–H groups in total. The summed E-state index contributed by atoms with van der Waals surface area (Å²) in [6.07, 6.45) is 0.603. The average Bonchev–Trinajstić information content (AvgIpc) is 3.52. The van der Waals surface area contributed by atoms with Crippen molar-refractivity contribution in [1.29, 1.82) is 5.41 Å². The third-order valence-electron chi connectivity index (χ3n) is 7.62. The number of nitroso groups, excluding NO2 is 1. The van der Waals surface area contributed by atoms with Crippen molar-refractivity contribution in [3.63, 3.8) is 0 Å². The zero-order valence-corrected chi connectivity index (χ0v) is 21.9. The molecule has 0 unspecified atom stereocenters. The Balaban J connectivity index is 1.30. The van der Waals surface area contributed by atoms with E-state index in [9.17, 15) is 9.30 Å². The molecule has 1 fully saturated rings. The first-order valence-electron chi connectivity index (χ1n) is 13.0. The number of hydrogen-bond acceptors (Lipinski definition) is 8. The number of hydrogen-bond donors (Lipinski definition) is 3. The molecule has 2 aliphatic heterocycles. The van der Waals surface area contributed by atoms with Crippen molar-refractivity contribution in [3.05, 3.63) is 81.8 Å². The molecule has 2 aliphatic rings. The van der Waals surface area contributed by atoms with Gasteiger partial charge in [0, 0.05) is 37.4 Å². The fourth-order valence-electron chi connectivity index (χ4n) is 5.28. The highest BCUT2D eigenvalue weighted by Gasteiger charge is 2.29. The second-order valence-corrected chi connectivity index (χ2v) is 9.79. The van der Waals surface area contributed by atoms with Crippen LogP contribution in [0.25, 0.3) is 11.1 Å². The zero-order valence-electron chi connectivity index (χ0n) is 21.9. The fourth-order valence-corrected chi connectivity index (χ4v) is 5.28. The number of nitrogens with one attached hydrogen (secondary N) is 2. The average molecular weight is 517 g/mol. The third-order valence-corrected chi connectivity index (χ3v) is 7.62. The van der Waals surface area contributed by atoms with E-state index in [1.165, 1.54) is 12.1 Å². The Kier molecular flexibility index (Phi) is 6.98. The molecule has 3 aromatic rings. The van der Waals surface area contributed by atoms with Gasteiger partial charge in [0.2, 0.25) is 0 Å². The van der Waals surface area contributed by atoms with Crippen molar-refractivity contribution in [2.45, 2.75) is 33.4 Å². The van der Waals surface area contributed by atoms with Gasteiger partial charge in [-0.3, -0.25) is 5.41 Å². The topological polar surface area (TPSA) is 118 Å². The Hall–Kier alpha value is -4.05. The number of nitrogens with two attached hydrogens (primary N) is 1. The van der Waals surface area contributed by atoms with Gasteiger partial charge in [-0.25, -0.2) is 9.37 Å². The van der Waals surface area contributed by atoms with E-state index < -0.39 is 5.82 Å². The van der Waals surface area contributed by atoms with Crippen molar-refractivity contribution in [2.24, 2.45) is 5.18 Å². The summed E-state index contributed by atoms with van der Waals surface area (Å²) in [4.78, 5) is 25.9. The van der Waals surface area contributed by atoms with E-state index in [0.29, 0.717) is 47.7 Å². The Morgan fingerprint density at radius 3 is 2.55 bits per heavy atom. The van der Waals surface area contributed by atoms with Crippen LogP contribution in [-0.2, 0) is 19.5 Å². The van der Waals surface area contributed by atoms with Gasteiger partial charge in [0.1, 0.15) is 11.4 Å². The standard InChI is InChI=1S/C28H33FN8O/c1-4-18-13-24(34-38)22(29)14-21(18)19-6-7-20(23(30)12-19)27(31)28-32-25-15-37(16-26(25)33-28)17(3)36-10-8-35(5-2)9-11-36/h6-7,12-14,31H,3-5,8-11,15-16,30H2,1-2H3,(H,32,33). The molecular weight excluding hydrogens is 483 g/mol. The molecule has 198 valence electrons. The highest BCUT2D eigenvalue weighted by atomic mass is 19.1. The van der Waals surface area contributed by atoms with Gasteiger partial charge in [0.05, 0.1) is 30.3 Å². The van der Waals surface area contributed by atoms with Crippen LogP contribution < -0.4 is 5.73 Å². The van der Waals surface area contributed by atoms with Crippen LogP contribution in [-0.4, -0.2) is 63.1 Å². The number of benzene rings is 2. The van der Waals surface area contributed by atoms with Crippen LogP contribution in [0, 0.1) is 16.1 Å². The first-order valence-corrected chi connectivity index (χ1v) is 13.0. The van der Waals surface area contributed by atoms with E-state index >= 15 is 0 Å². The monoisotopic (exact) mass is 516 g/mol. The Morgan fingerprint density at radius 1 is 1.16 bits per heavy atom. The number of nitrogen functional groups attached to an aromatic ring is 1. The van der Waals surface area contributed by atoms with Crippen LogP contribution in [0.4, 0.5) is 15.8 Å². The normalized spacial score (nSPS) is 15.6. The zero-order chi connectivity index (χ0) is 27.0.